The average molecular weight is 200 g/mol. The van der Waals surface area contributed by atoms with Gasteiger partial charge in [-0.15, -0.1) is 0 Å². The van der Waals surface area contributed by atoms with Crippen LogP contribution in [0.1, 0.15) is 46.5 Å². The lowest BCUT2D eigenvalue weighted by Gasteiger charge is -2.19. The maximum absolute atomic E-state index is 3.52. The van der Waals surface area contributed by atoms with Gasteiger partial charge in [-0.1, -0.05) is 20.8 Å². The minimum absolute atomic E-state index is 0.732. The molecule has 0 bridgehead atoms. The molecule has 0 radical (unpaired) electrons. The summed E-state index contributed by atoms with van der Waals surface area (Å²) in [5.74, 6) is 0. The van der Waals surface area contributed by atoms with Crippen molar-refractivity contribution in [2.75, 3.05) is 26.7 Å². The minimum atomic E-state index is 0.732. The third kappa shape index (κ3) is 7.34. The van der Waals surface area contributed by atoms with Crippen LogP contribution in [-0.2, 0) is 0 Å². The van der Waals surface area contributed by atoms with Gasteiger partial charge in [-0.25, -0.2) is 0 Å². The van der Waals surface area contributed by atoms with Crippen LogP contribution in [0.3, 0.4) is 0 Å². The Morgan fingerprint density at radius 3 is 2.36 bits per heavy atom. The second-order valence-electron chi connectivity index (χ2n) is 4.11. The number of hydrogen-bond donors (Lipinski definition) is 1. The Hall–Kier alpha value is -0.0800. The lowest BCUT2D eigenvalue weighted by molar-refractivity contribution is 0.315. The third-order valence-corrected chi connectivity index (χ3v) is 2.68. The molecule has 2 heteroatoms. The fourth-order valence-electron chi connectivity index (χ4n) is 1.84. The molecule has 0 amide bonds. The molecule has 0 heterocycles. The van der Waals surface area contributed by atoms with Crippen LogP contribution in [0.5, 0.6) is 0 Å². The highest BCUT2D eigenvalue weighted by molar-refractivity contribution is 4.64. The van der Waals surface area contributed by atoms with Crippen LogP contribution in [0.25, 0.3) is 0 Å². The highest BCUT2D eigenvalue weighted by atomic mass is 15.1. The van der Waals surface area contributed by atoms with Gasteiger partial charge < -0.3 is 10.2 Å². The molecule has 0 aromatic rings. The van der Waals surface area contributed by atoms with Crippen molar-refractivity contribution in [2.45, 2.75) is 52.5 Å². The Morgan fingerprint density at radius 1 is 1.14 bits per heavy atom. The summed E-state index contributed by atoms with van der Waals surface area (Å²) in [4.78, 5) is 2.43. The van der Waals surface area contributed by atoms with Crippen LogP contribution < -0.4 is 5.32 Å². The lowest BCUT2D eigenvalue weighted by atomic mass is 10.1. The molecule has 1 unspecified atom stereocenters. The Labute approximate surface area is 90.1 Å². The lowest BCUT2D eigenvalue weighted by Crippen LogP contribution is -2.29. The summed E-state index contributed by atoms with van der Waals surface area (Å²) in [6.45, 7) is 10.3. The molecule has 0 aliphatic carbocycles. The maximum atomic E-state index is 3.52. The van der Waals surface area contributed by atoms with E-state index in [1.54, 1.807) is 0 Å². The standard InChI is InChI=1S/C12H28N2/c1-5-10-14(4)11-8-9-12(6-2)13-7-3/h12-13H,5-11H2,1-4H3. The van der Waals surface area contributed by atoms with Gasteiger partial charge in [0.1, 0.15) is 0 Å². The first kappa shape index (κ1) is 13.9. The molecule has 0 aliphatic rings. The molecule has 2 nitrogen and oxygen atoms in total. The normalized spacial score (nSPS) is 13.5. The van der Waals surface area contributed by atoms with Crippen molar-refractivity contribution in [1.29, 1.82) is 0 Å². The van der Waals surface area contributed by atoms with Gasteiger partial charge in [0.25, 0.3) is 0 Å². The van der Waals surface area contributed by atoms with Gasteiger partial charge in [-0.05, 0) is 52.4 Å². The van der Waals surface area contributed by atoms with Gasteiger partial charge in [0.2, 0.25) is 0 Å². The Balaban J connectivity index is 3.40. The highest BCUT2D eigenvalue weighted by Gasteiger charge is 2.04. The second kappa shape index (κ2) is 9.47. The summed E-state index contributed by atoms with van der Waals surface area (Å²) in [6, 6.07) is 0.732. The van der Waals surface area contributed by atoms with Crippen molar-refractivity contribution in [1.82, 2.24) is 10.2 Å². The van der Waals surface area contributed by atoms with E-state index >= 15 is 0 Å². The topological polar surface area (TPSA) is 15.3 Å². The van der Waals surface area contributed by atoms with E-state index in [0.29, 0.717) is 0 Å². The summed E-state index contributed by atoms with van der Waals surface area (Å²) >= 11 is 0. The zero-order chi connectivity index (χ0) is 10.8. The van der Waals surface area contributed by atoms with Gasteiger partial charge in [-0.2, -0.15) is 0 Å². The summed E-state index contributed by atoms with van der Waals surface area (Å²) in [5.41, 5.74) is 0. The van der Waals surface area contributed by atoms with Crippen molar-refractivity contribution in [3.05, 3.63) is 0 Å². The van der Waals surface area contributed by atoms with Crippen molar-refractivity contribution in [2.24, 2.45) is 0 Å². The fourth-order valence-corrected chi connectivity index (χ4v) is 1.84. The van der Waals surface area contributed by atoms with Crippen LogP contribution in [0.15, 0.2) is 0 Å². The van der Waals surface area contributed by atoms with Gasteiger partial charge in [0.05, 0.1) is 0 Å². The molecule has 1 atom stereocenters. The molecule has 0 saturated heterocycles. The van der Waals surface area contributed by atoms with Crippen LogP contribution >= 0.6 is 0 Å². The largest absolute Gasteiger partial charge is 0.314 e. The molecule has 14 heavy (non-hydrogen) atoms. The van der Waals surface area contributed by atoms with Crippen molar-refractivity contribution in [3.63, 3.8) is 0 Å². The van der Waals surface area contributed by atoms with E-state index in [1.807, 2.05) is 0 Å². The van der Waals surface area contributed by atoms with Crippen LogP contribution in [-0.4, -0.2) is 37.6 Å². The highest BCUT2D eigenvalue weighted by Crippen LogP contribution is 2.02. The summed E-state index contributed by atoms with van der Waals surface area (Å²) in [7, 11) is 2.22. The SMILES string of the molecule is CCCN(C)CCCC(CC)NCC. The molecule has 0 rings (SSSR count). The van der Waals surface area contributed by atoms with E-state index in [1.165, 1.54) is 38.8 Å². The molecule has 0 aromatic carbocycles. The average Bonchev–Trinajstić information content (AvgIpc) is 2.17. The Kier molecular flexibility index (Phi) is 9.42. The Morgan fingerprint density at radius 2 is 1.86 bits per heavy atom. The molecular weight excluding hydrogens is 172 g/mol. The summed E-state index contributed by atoms with van der Waals surface area (Å²) in [6.07, 6.45) is 5.16. The quantitative estimate of drug-likeness (QED) is 0.615. The first-order valence-corrected chi connectivity index (χ1v) is 6.16. The molecule has 0 aromatic heterocycles. The summed E-state index contributed by atoms with van der Waals surface area (Å²) < 4.78 is 0. The fraction of sp³-hybridized carbons (Fsp3) is 1.00. The van der Waals surface area contributed by atoms with E-state index in [2.05, 4.69) is 38.0 Å². The summed E-state index contributed by atoms with van der Waals surface area (Å²) in [5, 5.41) is 3.52. The molecular formula is C12H28N2. The monoisotopic (exact) mass is 200 g/mol. The van der Waals surface area contributed by atoms with Crippen LogP contribution in [0, 0.1) is 0 Å². The first-order valence-electron chi connectivity index (χ1n) is 6.16. The van der Waals surface area contributed by atoms with Crippen molar-refractivity contribution >= 4 is 0 Å². The van der Waals surface area contributed by atoms with E-state index in [0.717, 1.165) is 12.6 Å². The van der Waals surface area contributed by atoms with E-state index in [4.69, 9.17) is 0 Å². The molecule has 0 saturated carbocycles. The molecule has 86 valence electrons. The molecule has 0 spiro atoms. The van der Waals surface area contributed by atoms with Crippen molar-refractivity contribution in [3.8, 4) is 0 Å². The maximum Gasteiger partial charge on any atom is 0.00647 e. The Bertz CT molecular complexity index is 115. The third-order valence-electron chi connectivity index (χ3n) is 2.68. The van der Waals surface area contributed by atoms with Gasteiger partial charge in [-0.3, -0.25) is 0 Å². The molecule has 0 aliphatic heterocycles. The first-order chi connectivity index (χ1) is 6.74. The van der Waals surface area contributed by atoms with Gasteiger partial charge >= 0.3 is 0 Å². The predicted octanol–water partition coefficient (Wildman–Crippen LogP) is 2.50. The smallest absolute Gasteiger partial charge is 0.00647 e. The zero-order valence-electron chi connectivity index (χ0n) is 10.5. The number of nitrogens with one attached hydrogen (secondary N) is 1. The van der Waals surface area contributed by atoms with Crippen LogP contribution in [0.2, 0.25) is 0 Å². The predicted molar refractivity (Wildman–Crippen MR) is 64.8 cm³/mol. The molecule has 0 fully saturated rings. The van der Waals surface area contributed by atoms with E-state index in [-0.39, 0.29) is 0 Å². The minimum Gasteiger partial charge on any atom is -0.314 e. The zero-order valence-corrected chi connectivity index (χ0v) is 10.5. The number of rotatable bonds is 9. The molecule has 1 N–H and O–H groups in total. The van der Waals surface area contributed by atoms with Gasteiger partial charge in [0, 0.05) is 6.04 Å². The number of nitrogens with zero attached hydrogens (tertiary/aromatic N) is 1. The van der Waals surface area contributed by atoms with E-state index < -0.39 is 0 Å². The number of hydrogen-bond acceptors (Lipinski definition) is 2. The van der Waals surface area contributed by atoms with E-state index in [9.17, 15) is 0 Å². The van der Waals surface area contributed by atoms with Gasteiger partial charge in [0.15, 0.2) is 0 Å². The van der Waals surface area contributed by atoms with Crippen molar-refractivity contribution < 1.29 is 0 Å². The second-order valence-corrected chi connectivity index (χ2v) is 4.11. The van der Waals surface area contributed by atoms with Crippen LogP contribution in [0.4, 0.5) is 0 Å².